The zero-order chi connectivity index (χ0) is 9.52. The molecule has 0 atom stereocenters. The van der Waals surface area contributed by atoms with Crippen LogP contribution in [0.25, 0.3) is 0 Å². The summed E-state index contributed by atoms with van der Waals surface area (Å²) in [5, 5.41) is 3.05. The van der Waals surface area contributed by atoms with Crippen LogP contribution >= 0.6 is 0 Å². The van der Waals surface area contributed by atoms with Crippen LogP contribution in [0.2, 0.25) is 0 Å². The van der Waals surface area contributed by atoms with Gasteiger partial charge in [-0.1, -0.05) is 19.8 Å². The number of aryl methyl sites for hydroxylation is 1. The minimum Gasteiger partial charge on any atom is -0.372 e. The Morgan fingerprint density at radius 3 is 2.69 bits per heavy atom. The molecule has 0 saturated carbocycles. The summed E-state index contributed by atoms with van der Waals surface area (Å²) in [4.78, 5) is 8.50. The van der Waals surface area contributed by atoms with Crippen molar-refractivity contribution in [3.8, 4) is 0 Å². The number of anilines is 1. The lowest BCUT2D eigenvalue weighted by Gasteiger charge is -2.05. The van der Waals surface area contributed by atoms with Gasteiger partial charge >= 0.3 is 0 Å². The Labute approximate surface area is 79.6 Å². The van der Waals surface area contributed by atoms with Gasteiger partial charge in [0.05, 0.1) is 5.69 Å². The minimum atomic E-state index is 0.915. The van der Waals surface area contributed by atoms with Crippen LogP contribution in [0.3, 0.4) is 0 Å². The van der Waals surface area contributed by atoms with Gasteiger partial charge in [-0.3, -0.25) is 4.98 Å². The standard InChI is InChI=1S/C10H17N3/c1-3-4-5-6-9-10(11-2)13-8-7-12-9/h7-8H,3-6H2,1-2H3,(H,11,13). The van der Waals surface area contributed by atoms with Crippen LogP contribution in [0.4, 0.5) is 5.82 Å². The summed E-state index contributed by atoms with van der Waals surface area (Å²) in [5.41, 5.74) is 1.08. The molecule has 1 N–H and O–H groups in total. The summed E-state index contributed by atoms with van der Waals surface area (Å²) in [5.74, 6) is 0.915. The van der Waals surface area contributed by atoms with Gasteiger partial charge in [-0.25, -0.2) is 4.98 Å². The van der Waals surface area contributed by atoms with E-state index in [0.29, 0.717) is 0 Å². The van der Waals surface area contributed by atoms with Gasteiger partial charge in [-0.05, 0) is 12.8 Å². The Morgan fingerprint density at radius 1 is 1.23 bits per heavy atom. The number of nitrogens with zero attached hydrogens (tertiary/aromatic N) is 2. The molecule has 0 fully saturated rings. The minimum absolute atomic E-state index is 0.915. The van der Waals surface area contributed by atoms with Gasteiger partial charge in [-0.15, -0.1) is 0 Å². The Balaban J connectivity index is 2.54. The largest absolute Gasteiger partial charge is 0.372 e. The molecule has 1 rings (SSSR count). The molecule has 1 aromatic rings. The van der Waals surface area contributed by atoms with Gasteiger partial charge in [0.2, 0.25) is 0 Å². The summed E-state index contributed by atoms with van der Waals surface area (Å²) >= 11 is 0. The highest BCUT2D eigenvalue weighted by molar-refractivity contribution is 5.38. The second kappa shape index (κ2) is 5.51. The first-order valence-electron chi connectivity index (χ1n) is 4.86. The van der Waals surface area contributed by atoms with E-state index in [1.54, 1.807) is 12.4 Å². The summed E-state index contributed by atoms with van der Waals surface area (Å²) in [6.07, 6.45) is 8.20. The summed E-state index contributed by atoms with van der Waals surface area (Å²) in [6.45, 7) is 2.20. The summed E-state index contributed by atoms with van der Waals surface area (Å²) in [6, 6.07) is 0. The molecule has 0 bridgehead atoms. The van der Waals surface area contributed by atoms with Crippen molar-refractivity contribution >= 4 is 5.82 Å². The second-order valence-electron chi connectivity index (χ2n) is 3.06. The normalized spacial score (nSPS) is 10.0. The third-order valence-corrected chi connectivity index (χ3v) is 2.03. The predicted octanol–water partition coefficient (Wildman–Crippen LogP) is 2.25. The fourth-order valence-electron chi connectivity index (χ4n) is 1.30. The Hall–Kier alpha value is -1.12. The Kier molecular flexibility index (Phi) is 4.23. The molecule has 0 aromatic carbocycles. The lowest BCUT2D eigenvalue weighted by Crippen LogP contribution is -2.00. The maximum absolute atomic E-state index is 4.30. The average molecular weight is 179 g/mol. The number of hydrogen-bond acceptors (Lipinski definition) is 3. The van der Waals surface area contributed by atoms with Gasteiger partial charge in [-0.2, -0.15) is 0 Å². The van der Waals surface area contributed by atoms with Crippen LogP contribution in [0.15, 0.2) is 12.4 Å². The fourth-order valence-corrected chi connectivity index (χ4v) is 1.30. The van der Waals surface area contributed by atoms with Crippen LogP contribution in [0, 0.1) is 0 Å². The van der Waals surface area contributed by atoms with Gasteiger partial charge in [0.25, 0.3) is 0 Å². The zero-order valence-electron chi connectivity index (χ0n) is 8.38. The van der Waals surface area contributed by atoms with Crippen LogP contribution < -0.4 is 5.32 Å². The lowest BCUT2D eigenvalue weighted by molar-refractivity contribution is 0.706. The van der Waals surface area contributed by atoms with Crippen molar-refractivity contribution in [3.63, 3.8) is 0 Å². The summed E-state index contributed by atoms with van der Waals surface area (Å²) < 4.78 is 0. The van der Waals surface area contributed by atoms with Crippen LogP contribution in [0.1, 0.15) is 31.9 Å². The predicted molar refractivity (Wildman–Crippen MR) is 54.8 cm³/mol. The van der Waals surface area contributed by atoms with Gasteiger partial charge < -0.3 is 5.32 Å². The van der Waals surface area contributed by atoms with E-state index in [4.69, 9.17) is 0 Å². The van der Waals surface area contributed by atoms with Crippen LogP contribution in [-0.4, -0.2) is 17.0 Å². The monoisotopic (exact) mass is 179 g/mol. The van der Waals surface area contributed by atoms with E-state index in [2.05, 4.69) is 22.2 Å². The molecule has 3 heteroatoms. The molecule has 1 heterocycles. The first-order valence-corrected chi connectivity index (χ1v) is 4.86. The highest BCUT2D eigenvalue weighted by Crippen LogP contribution is 2.10. The quantitative estimate of drug-likeness (QED) is 0.704. The van der Waals surface area contributed by atoms with Crippen LogP contribution in [-0.2, 0) is 6.42 Å². The molecule has 0 aliphatic rings. The molecule has 0 amide bonds. The SMILES string of the molecule is CCCCCc1nccnc1NC. The Morgan fingerprint density at radius 2 is 2.00 bits per heavy atom. The molecule has 0 spiro atoms. The number of unbranched alkanes of at least 4 members (excludes halogenated alkanes) is 2. The molecular formula is C10H17N3. The number of nitrogens with one attached hydrogen (secondary N) is 1. The van der Waals surface area contributed by atoms with E-state index < -0.39 is 0 Å². The third-order valence-electron chi connectivity index (χ3n) is 2.03. The van der Waals surface area contributed by atoms with Crippen molar-refractivity contribution in [1.82, 2.24) is 9.97 Å². The summed E-state index contributed by atoms with van der Waals surface area (Å²) in [7, 11) is 1.88. The van der Waals surface area contributed by atoms with E-state index in [9.17, 15) is 0 Å². The average Bonchev–Trinajstić information content (AvgIpc) is 2.19. The van der Waals surface area contributed by atoms with Crippen molar-refractivity contribution < 1.29 is 0 Å². The van der Waals surface area contributed by atoms with Crippen molar-refractivity contribution in [2.75, 3.05) is 12.4 Å². The Bertz CT molecular complexity index is 248. The maximum atomic E-state index is 4.30. The highest BCUT2D eigenvalue weighted by atomic mass is 15.0. The van der Waals surface area contributed by atoms with Crippen LogP contribution in [0.5, 0.6) is 0 Å². The maximum Gasteiger partial charge on any atom is 0.147 e. The highest BCUT2D eigenvalue weighted by Gasteiger charge is 2.01. The molecule has 3 nitrogen and oxygen atoms in total. The van der Waals surface area contributed by atoms with Gasteiger partial charge in [0.1, 0.15) is 5.82 Å². The van der Waals surface area contributed by atoms with E-state index in [-0.39, 0.29) is 0 Å². The molecule has 0 radical (unpaired) electrons. The number of aromatic nitrogens is 2. The molecule has 0 unspecified atom stereocenters. The van der Waals surface area contributed by atoms with Crippen molar-refractivity contribution in [3.05, 3.63) is 18.1 Å². The molecule has 72 valence electrons. The topological polar surface area (TPSA) is 37.8 Å². The van der Waals surface area contributed by atoms with E-state index in [1.165, 1.54) is 19.3 Å². The first kappa shape index (κ1) is 9.96. The van der Waals surface area contributed by atoms with Crippen molar-refractivity contribution in [2.24, 2.45) is 0 Å². The first-order chi connectivity index (χ1) is 6.38. The second-order valence-corrected chi connectivity index (χ2v) is 3.06. The molecule has 0 saturated heterocycles. The fraction of sp³-hybridized carbons (Fsp3) is 0.600. The van der Waals surface area contributed by atoms with Gasteiger partial charge in [0, 0.05) is 19.4 Å². The van der Waals surface area contributed by atoms with E-state index in [1.807, 2.05) is 7.05 Å². The molecular weight excluding hydrogens is 162 g/mol. The molecule has 1 aromatic heterocycles. The van der Waals surface area contributed by atoms with Gasteiger partial charge in [0.15, 0.2) is 0 Å². The smallest absolute Gasteiger partial charge is 0.147 e. The van der Waals surface area contributed by atoms with E-state index in [0.717, 1.165) is 17.9 Å². The third kappa shape index (κ3) is 3.01. The molecule has 0 aliphatic carbocycles. The number of rotatable bonds is 5. The zero-order valence-corrected chi connectivity index (χ0v) is 8.38. The molecule has 0 aliphatic heterocycles. The lowest BCUT2D eigenvalue weighted by atomic mass is 10.1. The van der Waals surface area contributed by atoms with Crippen molar-refractivity contribution in [1.29, 1.82) is 0 Å². The van der Waals surface area contributed by atoms with Crippen molar-refractivity contribution in [2.45, 2.75) is 32.6 Å². The number of hydrogen-bond donors (Lipinski definition) is 1. The van der Waals surface area contributed by atoms with E-state index >= 15 is 0 Å². The molecule has 13 heavy (non-hydrogen) atoms.